The lowest BCUT2D eigenvalue weighted by Gasteiger charge is -2.28. The summed E-state index contributed by atoms with van der Waals surface area (Å²) in [5.41, 5.74) is 10.3. The summed E-state index contributed by atoms with van der Waals surface area (Å²) in [6, 6.07) is 26.9. The van der Waals surface area contributed by atoms with E-state index in [0.717, 1.165) is 60.1 Å². The Kier molecular flexibility index (Phi) is 21.1. The largest absolute Gasteiger partial charge is 0.416 e. The molecule has 2 aliphatic carbocycles. The van der Waals surface area contributed by atoms with Gasteiger partial charge in [-0.3, -0.25) is 52.3 Å². The number of H-pyrrole nitrogens is 1. The zero-order chi connectivity index (χ0) is 67.3. The molecular formula is C61H54Br2Cl3F3N14O9. The highest BCUT2D eigenvalue weighted by atomic mass is 79.9. The Morgan fingerprint density at radius 3 is 1.60 bits per heavy atom. The van der Waals surface area contributed by atoms with Crippen LogP contribution in [0, 0.1) is 25.7 Å². The number of anilines is 5. The minimum absolute atomic E-state index is 0.0260. The molecule has 2 unspecified atom stereocenters. The molecule has 0 bridgehead atoms. The molecule has 10 N–H and O–H groups in total. The number of aromatic nitrogens is 7. The first-order valence-corrected chi connectivity index (χ1v) is 30.2. The quantitative estimate of drug-likeness (QED) is 0.0590. The lowest BCUT2D eigenvalue weighted by atomic mass is 9.99. The number of nitrogen functional groups attached to an aromatic ring is 1. The van der Waals surface area contributed by atoms with Gasteiger partial charge in [-0.1, -0.05) is 107 Å². The number of nitrogens with two attached hydrogens (primary N) is 2. The van der Waals surface area contributed by atoms with E-state index in [4.69, 9.17) is 46.3 Å². The van der Waals surface area contributed by atoms with Crippen molar-refractivity contribution in [2.24, 2.45) is 17.6 Å². The van der Waals surface area contributed by atoms with Crippen molar-refractivity contribution in [3.63, 3.8) is 0 Å². The monoisotopic (exact) mass is 1450 g/mol. The lowest BCUT2D eigenvalue weighted by Crippen LogP contribution is -2.46. The molecule has 7 heterocycles. The number of hydrogen-bond acceptors (Lipinski definition) is 15. The van der Waals surface area contributed by atoms with Gasteiger partial charge in [0, 0.05) is 29.5 Å². The number of amides is 5. The number of pyridine rings is 3. The van der Waals surface area contributed by atoms with E-state index in [-0.39, 0.29) is 88.8 Å². The Morgan fingerprint density at radius 2 is 1.11 bits per heavy atom. The highest BCUT2D eigenvalue weighted by Crippen LogP contribution is 2.37. The van der Waals surface area contributed by atoms with Crippen LogP contribution in [-0.2, 0) is 27.1 Å². The molecule has 0 spiro atoms. The van der Waals surface area contributed by atoms with Crippen molar-refractivity contribution >= 4 is 131 Å². The SMILES string of the molecule is CC(=O)c1cccc(C(F)(F)F)c1.Cc1cccc(C2(C)NC(=O)c3c(Cl)cc(Br)c(=O)n32)c1.Cc1cccc(C2(C)NC(=O)c3c(Cl)cc(Nc4cc(NC(=O)C5CC5)ncn4)c(=O)n32)c1.NC(=O)c1[nH]c(=O)c(Br)cc1Cl.Nc1cc(NC(=O)C2CC2)ncn1. The van der Waals surface area contributed by atoms with Crippen LogP contribution >= 0.6 is 66.7 Å². The van der Waals surface area contributed by atoms with Crippen molar-refractivity contribution < 1.29 is 41.9 Å². The number of nitrogens with one attached hydrogen (secondary N) is 6. The van der Waals surface area contributed by atoms with Crippen molar-refractivity contribution in [3.05, 3.63) is 221 Å². The summed E-state index contributed by atoms with van der Waals surface area (Å²) < 4.78 is 39.7. The summed E-state index contributed by atoms with van der Waals surface area (Å²) in [6.45, 7) is 8.68. The molecule has 92 heavy (non-hydrogen) atoms. The summed E-state index contributed by atoms with van der Waals surface area (Å²) >= 11 is 24.3. The number of ketones is 1. The molecule has 5 amide bonds. The van der Waals surface area contributed by atoms with E-state index in [2.05, 4.69) is 83.4 Å². The Hall–Kier alpha value is -9.09. The van der Waals surface area contributed by atoms with E-state index < -0.39 is 46.0 Å². The van der Waals surface area contributed by atoms with Crippen LogP contribution < -0.4 is 54.7 Å². The molecule has 31 heteroatoms. The highest BCUT2D eigenvalue weighted by molar-refractivity contribution is 9.10. The third-order valence-electron chi connectivity index (χ3n) is 14.3. The van der Waals surface area contributed by atoms with Gasteiger partial charge in [0.05, 0.1) is 29.6 Å². The van der Waals surface area contributed by atoms with Crippen molar-refractivity contribution in [1.29, 1.82) is 0 Å². The van der Waals surface area contributed by atoms with E-state index >= 15 is 0 Å². The van der Waals surface area contributed by atoms with Gasteiger partial charge in [-0.25, -0.2) is 19.9 Å². The zero-order valence-electron chi connectivity index (χ0n) is 49.0. The van der Waals surface area contributed by atoms with E-state index in [9.17, 15) is 56.3 Å². The molecule has 23 nitrogen and oxygen atoms in total. The summed E-state index contributed by atoms with van der Waals surface area (Å²) in [5.74, 6) is -0.291. The number of aromatic amines is 1. The standard InChI is InChI=1S/C23H21ClN6O3.C15H12BrClN2O2.C9H7F3O.C8H10N4O.C6H4BrClN2O2/c1-12-4-3-5-14(8-12)23(2)29-21(32)19-15(24)9-16(22(33)30(19)23)27-17-10-18(26-11-25-17)28-20(31)13-6-7-13;1-8-4-3-5-9(6-8)15(2)18-13(20)12-11(17)7-10(16)14(21)19(12)15;1-6(13)7-3-2-4-8(5-7)9(10,11)12;9-6-3-7(11-4-10-6)12-8(13)5-1-2-5;7-2-1-3(8)4(5(9)11)10-6(2)12/h3-5,8-11,13H,6-7H2,1-2H3,(H,29,32)(H2,25,26,27,28,31);3-7H,1-2H3,(H,18,20);2-5H,1H3;3-5H,1-2H2,(H3,9,10,11,12,13);1H,(H2,9,11)(H,10,12). The first kappa shape index (κ1) is 68.8. The van der Waals surface area contributed by atoms with Gasteiger partial charge in [0.25, 0.3) is 34.4 Å². The Bertz CT molecular complexity index is 4470. The van der Waals surface area contributed by atoms with Crippen LogP contribution in [0.25, 0.3) is 0 Å². The number of rotatable bonds is 10. The molecule has 2 fully saturated rings. The van der Waals surface area contributed by atoms with Gasteiger partial charge in [-0.05, 0) is 134 Å². The Labute approximate surface area is 552 Å². The van der Waals surface area contributed by atoms with Crippen molar-refractivity contribution in [2.45, 2.75) is 77.8 Å². The maximum atomic E-state index is 13.5. The van der Waals surface area contributed by atoms with Gasteiger partial charge in [-0.15, -0.1) is 0 Å². The third kappa shape index (κ3) is 16.1. The molecule has 0 radical (unpaired) electrons. The number of carbonyl (C=O) groups is 6. The first-order chi connectivity index (χ1) is 43.3. The summed E-state index contributed by atoms with van der Waals surface area (Å²) in [6.07, 6.45) is 1.94. The number of aryl methyl sites for hydroxylation is 2. The Balaban J connectivity index is 0.000000159. The van der Waals surface area contributed by atoms with Gasteiger partial charge < -0.3 is 43.0 Å². The average Bonchev–Trinajstić information content (AvgIpc) is 1.57. The van der Waals surface area contributed by atoms with Crippen LogP contribution in [0.5, 0.6) is 0 Å². The second kappa shape index (κ2) is 28.2. The Morgan fingerprint density at radius 1 is 0.630 bits per heavy atom. The summed E-state index contributed by atoms with van der Waals surface area (Å²) in [7, 11) is 0. The predicted octanol–water partition coefficient (Wildman–Crippen LogP) is 10.4. The molecular weight excluding hydrogens is 1400 g/mol. The smallest absolute Gasteiger partial charge is 0.384 e. The number of benzene rings is 3. The van der Waals surface area contributed by atoms with Crippen LogP contribution in [0.1, 0.15) is 116 Å². The van der Waals surface area contributed by atoms with Crippen LogP contribution in [0.2, 0.25) is 15.1 Å². The molecule has 4 aliphatic rings. The highest BCUT2D eigenvalue weighted by Gasteiger charge is 2.45. The van der Waals surface area contributed by atoms with Crippen molar-refractivity contribution in [2.75, 3.05) is 21.7 Å². The molecule has 2 saturated carbocycles. The zero-order valence-corrected chi connectivity index (χ0v) is 54.4. The molecule has 2 aliphatic heterocycles. The van der Waals surface area contributed by atoms with E-state index in [1.807, 2.05) is 62.4 Å². The van der Waals surface area contributed by atoms with Gasteiger partial charge >= 0.3 is 6.18 Å². The van der Waals surface area contributed by atoms with Crippen LogP contribution in [-0.4, -0.2) is 69.4 Å². The predicted molar refractivity (Wildman–Crippen MR) is 346 cm³/mol. The maximum Gasteiger partial charge on any atom is 0.416 e. The van der Waals surface area contributed by atoms with Crippen LogP contribution in [0.4, 0.5) is 42.1 Å². The number of nitrogens with zero attached hydrogens (tertiary/aromatic N) is 6. The first-order valence-electron chi connectivity index (χ1n) is 27.5. The number of halogens is 8. The van der Waals surface area contributed by atoms with E-state index in [0.29, 0.717) is 27.7 Å². The summed E-state index contributed by atoms with van der Waals surface area (Å²) in [4.78, 5) is 125. The summed E-state index contributed by atoms with van der Waals surface area (Å²) in [5, 5.41) is 14.6. The number of fused-ring (bicyclic) bond motifs is 2. The van der Waals surface area contributed by atoms with Gasteiger partial charge in [0.1, 0.15) is 70.0 Å². The second-order valence-electron chi connectivity index (χ2n) is 21.5. The van der Waals surface area contributed by atoms with Crippen LogP contribution in [0.15, 0.2) is 139 Å². The number of alkyl halides is 3. The van der Waals surface area contributed by atoms with Gasteiger partial charge in [0.15, 0.2) is 5.78 Å². The second-order valence-corrected chi connectivity index (χ2v) is 24.4. The number of primary amides is 1. The van der Waals surface area contributed by atoms with Crippen molar-refractivity contribution in [1.82, 2.24) is 44.7 Å². The average molecular weight is 1450 g/mol. The molecule has 12 rings (SSSR count). The molecule has 478 valence electrons. The normalized spacial score (nSPS) is 16.5. The third-order valence-corrected chi connectivity index (χ3v) is 16.3. The fourth-order valence-electron chi connectivity index (χ4n) is 9.27. The van der Waals surface area contributed by atoms with E-state index in [1.165, 1.54) is 65.1 Å². The molecule has 5 aromatic heterocycles. The minimum Gasteiger partial charge on any atom is -0.384 e. The van der Waals surface area contributed by atoms with Gasteiger partial charge in [-0.2, -0.15) is 13.2 Å². The molecule has 0 saturated heterocycles. The molecule has 3 aromatic carbocycles. The van der Waals surface area contributed by atoms with Crippen LogP contribution in [0.3, 0.4) is 0 Å². The number of Topliss-reactive ketones (excluding diaryl/α,β-unsaturated/α-hetero) is 1. The fraction of sp³-hybridized carbons (Fsp3) is 0.230. The minimum atomic E-state index is -4.38. The van der Waals surface area contributed by atoms with Gasteiger partial charge in [0.2, 0.25) is 11.8 Å². The van der Waals surface area contributed by atoms with Crippen molar-refractivity contribution in [3.8, 4) is 0 Å². The topological polar surface area (TPSA) is 343 Å². The maximum absolute atomic E-state index is 13.5. The number of hydrogen-bond donors (Lipinski definition) is 8. The molecule has 2 atom stereocenters. The van der Waals surface area contributed by atoms with E-state index in [1.54, 1.807) is 19.9 Å². The fourth-order valence-corrected chi connectivity index (χ4v) is 11.1. The molecule has 8 aromatic rings. The number of carbonyl (C=O) groups excluding carboxylic acids is 6. The lowest BCUT2D eigenvalue weighted by molar-refractivity contribution is -0.137.